The lowest BCUT2D eigenvalue weighted by molar-refractivity contribution is -0.134. The predicted octanol–water partition coefficient (Wildman–Crippen LogP) is 1.29. The zero-order valence-electron chi connectivity index (χ0n) is 9.37. The minimum Gasteiger partial charge on any atom is -0.330 e. The molecule has 17 heavy (non-hydrogen) atoms. The van der Waals surface area contributed by atoms with Crippen LogP contribution in [0.1, 0.15) is 24.5 Å². The van der Waals surface area contributed by atoms with Gasteiger partial charge in [-0.25, -0.2) is 0 Å². The van der Waals surface area contributed by atoms with Gasteiger partial charge in [-0.1, -0.05) is 0 Å². The number of rotatable bonds is 3. The Morgan fingerprint density at radius 3 is 2.76 bits per heavy atom. The molecule has 1 unspecified atom stereocenters. The van der Waals surface area contributed by atoms with Crippen LogP contribution in [0.5, 0.6) is 0 Å². The fraction of sp³-hybridized carbons (Fsp3) is 0.800. The van der Waals surface area contributed by atoms with Gasteiger partial charge in [0.2, 0.25) is 0 Å². The Hall–Kier alpha value is -1.11. The number of fused-ring (bicyclic) bond motifs is 1. The molecule has 0 aromatic carbocycles. The number of nitrogens with two attached hydrogens (primary N) is 1. The second kappa shape index (κ2) is 4.64. The van der Waals surface area contributed by atoms with Crippen LogP contribution in [0.2, 0.25) is 0 Å². The normalized spacial score (nSPS) is 20.4. The second-order valence-corrected chi connectivity index (χ2v) is 4.39. The predicted molar refractivity (Wildman–Crippen MR) is 55.3 cm³/mol. The Bertz CT molecular complexity index is 385. The van der Waals surface area contributed by atoms with Crippen molar-refractivity contribution in [3.8, 4) is 0 Å². The van der Waals surface area contributed by atoms with Crippen LogP contribution in [-0.4, -0.2) is 27.5 Å². The molecule has 96 valence electrons. The van der Waals surface area contributed by atoms with E-state index >= 15 is 0 Å². The zero-order valence-corrected chi connectivity index (χ0v) is 9.37. The molecule has 0 aliphatic carbocycles. The van der Waals surface area contributed by atoms with Crippen molar-refractivity contribution in [2.45, 2.75) is 38.4 Å². The molecule has 0 fully saturated rings. The summed E-state index contributed by atoms with van der Waals surface area (Å²) >= 11 is 0. The Morgan fingerprint density at radius 2 is 2.12 bits per heavy atom. The maximum Gasteiger partial charge on any atom is 0.389 e. The van der Waals surface area contributed by atoms with Gasteiger partial charge in [0, 0.05) is 19.4 Å². The van der Waals surface area contributed by atoms with E-state index < -0.39 is 12.6 Å². The molecule has 0 saturated carbocycles. The molecule has 4 nitrogen and oxygen atoms in total. The maximum absolute atomic E-state index is 12.1. The van der Waals surface area contributed by atoms with Crippen LogP contribution >= 0.6 is 0 Å². The van der Waals surface area contributed by atoms with E-state index in [1.54, 1.807) is 4.57 Å². The molecule has 2 N–H and O–H groups in total. The van der Waals surface area contributed by atoms with Crippen molar-refractivity contribution in [1.82, 2.24) is 14.8 Å². The number of aryl methyl sites for hydroxylation is 1. The quantitative estimate of drug-likeness (QED) is 0.877. The van der Waals surface area contributed by atoms with Crippen LogP contribution in [0, 0.1) is 5.92 Å². The molecule has 0 bridgehead atoms. The van der Waals surface area contributed by atoms with Crippen LogP contribution in [0.15, 0.2) is 0 Å². The van der Waals surface area contributed by atoms with Crippen molar-refractivity contribution in [1.29, 1.82) is 0 Å². The summed E-state index contributed by atoms with van der Waals surface area (Å²) in [4.78, 5) is 0. The molecule has 0 amide bonds. The number of hydrogen-bond donors (Lipinski definition) is 1. The van der Waals surface area contributed by atoms with Crippen molar-refractivity contribution >= 4 is 0 Å². The minimum absolute atomic E-state index is 0.0935. The third kappa shape index (κ3) is 2.96. The maximum atomic E-state index is 12.1. The van der Waals surface area contributed by atoms with Gasteiger partial charge in [0.25, 0.3) is 0 Å². The molecule has 1 aliphatic rings. The van der Waals surface area contributed by atoms with Crippen LogP contribution < -0.4 is 5.73 Å². The Morgan fingerprint density at radius 1 is 1.35 bits per heavy atom. The summed E-state index contributed by atoms with van der Waals surface area (Å²) < 4.78 is 38.2. The van der Waals surface area contributed by atoms with E-state index in [4.69, 9.17) is 5.73 Å². The van der Waals surface area contributed by atoms with Crippen LogP contribution in [0.4, 0.5) is 13.2 Å². The van der Waals surface area contributed by atoms with Gasteiger partial charge in [-0.05, 0) is 18.9 Å². The number of aromatic nitrogens is 3. The number of hydrogen-bond acceptors (Lipinski definition) is 3. The SMILES string of the molecule is NCC1CCn2c(CCC(F)(F)F)nnc2C1. The third-order valence-electron chi connectivity index (χ3n) is 3.10. The van der Waals surface area contributed by atoms with Gasteiger partial charge < -0.3 is 10.3 Å². The zero-order chi connectivity index (χ0) is 12.5. The summed E-state index contributed by atoms with van der Waals surface area (Å²) in [6, 6.07) is 0. The van der Waals surface area contributed by atoms with Crippen LogP contribution in [0.25, 0.3) is 0 Å². The van der Waals surface area contributed by atoms with Crippen LogP contribution in [0.3, 0.4) is 0 Å². The first-order chi connectivity index (χ1) is 7.99. The summed E-state index contributed by atoms with van der Waals surface area (Å²) in [7, 11) is 0. The fourth-order valence-electron chi connectivity index (χ4n) is 2.09. The molecule has 0 saturated heterocycles. The summed E-state index contributed by atoms with van der Waals surface area (Å²) in [6.45, 7) is 1.27. The third-order valence-corrected chi connectivity index (χ3v) is 3.10. The molecular weight excluding hydrogens is 233 g/mol. The lowest BCUT2D eigenvalue weighted by Crippen LogP contribution is -2.26. The second-order valence-electron chi connectivity index (χ2n) is 4.39. The summed E-state index contributed by atoms with van der Waals surface area (Å²) in [5.41, 5.74) is 5.58. The summed E-state index contributed by atoms with van der Waals surface area (Å²) in [5, 5.41) is 7.79. The fourth-order valence-corrected chi connectivity index (χ4v) is 2.09. The first-order valence-corrected chi connectivity index (χ1v) is 5.67. The van der Waals surface area contributed by atoms with E-state index in [0.717, 1.165) is 18.7 Å². The van der Waals surface area contributed by atoms with Gasteiger partial charge in [-0.2, -0.15) is 13.2 Å². The van der Waals surface area contributed by atoms with Crippen molar-refractivity contribution in [2.24, 2.45) is 11.7 Å². The van der Waals surface area contributed by atoms with E-state index in [2.05, 4.69) is 10.2 Å². The average molecular weight is 248 g/mol. The van der Waals surface area contributed by atoms with E-state index in [1.807, 2.05) is 0 Å². The minimum atomic E-state index is -4.14. The van der Waals surface area contributed by atoms with Gasteiger partial charge in [-0.15, -0.1) is 10.2 Å². The molecule has 1 aromatic heterocycles. The lowest BCUT2D eigenvalue weighted by atomic mass is 9.98. The lowest BCUT2D eigenvalue weighted by Gasteiger charge is -2.22. The first kappa shape index (κ1) is 12.3. The van der Waals surface area contributed by atoms with E-state index in [1.165, 1.54) is 0 Å². The molecule has 2 rings (SSSR count). The molecule has 0 radical (unpaired) electrons. The number of halogens is 3. The van der Waals surface area contributed by atoms with E-state index in [0.29, 0.717) is 24.8 Å². The standard InChI is InChI=1S/C10H15F3N4/c11-10(12,13)3-1-8-15-16-9-5-7(6-14)2-4-17(8)9/h7H,1-6,14H2. The van der Waals surface area contributed by atoms with Gasteiger partial charge in [0.1, 0.15) is 11.6 Å². The summed E-state index contributed by atoms with van der Waals surface area (Å²) in [5.74, 6) is 1.58. The van der Waals surface area contributed by atoms with Crippen molar-refractivity contribution in [2.75, 3.05) is 6.54 Å². The highest BCUT2D eigenvalue weighted by atomic mass is 19.4. The van der Waals surface area contributed by atoms with Crippen molar-refractivity contribution in [3.05, 3.63) is 11.6 Å². The average Bonchev–Trinajstić information content (AvgIpc) is 2.67. The molecule has 1 aromatic rings. The number of nitrogens with zero attached hydrogens (tertiary/aromatic N) is 3. The molecule has 1 atom stereocenters. The van der Waals surface area contributed by atoms with Gasteiger partial charge in [-0.3, -0.25) is 0 Å². The Balaban J connectivity index is 2.04. The number of alkyl halides is 3. The summed E-state index contributed by atoms with van der Waals surface area (Å²) in [6.07, 6.45) is -3.47. The van der Waals surface area contributed by atoms with Gasteiger partial charge in [0.05, 0.1) is 6.42 Å². The molecule has 0 spiro atoms. The molecular formula is C10H15F3N4. The van der Waals surface area contributed by atoms with Crippen LogP contribution in [-0.2, 0) is 19.4 Å². The van der Waals surface area contributed by atoms with Gasteiger partial charge in [0.15, 0.2) is 0 Å². The largest absolute Gasteiger partial charge is 0.389 e. The topological polar surface area (TPSA) is 56.7 Å². The molecule has 7 heteroatoms. The molecule has 1 aliphatic heterocycles. The highest BCUT2D eigenvalue weighted by Gasteiger charge is 2.29. The van der Waals surface area contributed by atoms with E-state index in [9.17, 15) is 13.2 Å². The highest BCUT2D eigenvalue weighted by molar-refractivity contribution is 5.01. The first-order valence-electron chi connectivity index (χ1n) is 5.67. The highest BCUT2D eigenvalue weighted by Crippen LogP contribution is 2.24. The Labute approximate surface area is 97.0 Å². The van der Waals surface area contributed by atoms with E-state index in [-0.39, 0.29) is 6.42 Å². The van der Waals surface area contributed by atoms with Crippen molar-refractivity contribution < 1.29 is 13.2 Å². The van der Waals surface area contributed by atoms with Crippen molar-refractivity contribution in [3.63, 3.8) is 0 Å². The Kier molecular flexibility index (Phi) is 3.37. The smallest absolute Gasteiger partial charge is 0.330 e. The monoisotopic (exact) mass is 248 g/mol. The van der Waals surface area contributed by atoms with Gasteiger partial charge >= 0.3 is 6.18 Å². The molecule has 2 heterocycles.